The first kappa shape index (κ1) is 21.1. The Kier molecular flexibility index (Phi) is 7.89. The van der Waals surface area contributed by atoms with E-state index in [1.165, 1.54) is 23.0 Å². The molecule has 1 aromatic carbocycles. The van der Waals surface area contributed by atoms with E-state index in [9.17, 15) is 9.59 Å². The zero-order valence-electron chi connectivity index (χ0n) is 16.6. The Balaban J connectivity index is 1.60. The lowest BCUT2D eigenvalue weighted by Crippen LogP contribution is -2.49. The van der Waals surface area contributed by atoms with E-state index >= 15 is 0 Å². The minimum Gasteiger partial charge on any atom is -0.349 e. The van der Waals surface area contributed by atoms with Crippen LogP contribution in [-0.2, 0) is 16.0 Å². The molecule has 29 heavy (non-hydrogen) atoms. The number of rotatable bonds is 8. The summed E-state index contributed by atoms with van der Waals surface area (Å²) in [4.78, 5) is 24.8. The number of carbonyl (C=O) groups is 2. The highest BCUT2D eigenvalue weighted by molar-refractivity contribution is 7.15. The van der Waals surface area contributed by atoms with Gasteiger partial charge in [-0.1, -0.05) is 54.2 Å². The molecule has 1 unspecified atom stereocenters. The third kappa shape index (κ3) is 7.07. The third-order valence-corrected chi connectivity index (χ3v) is 5.53. The van der Waals surface area contributed by atoms with Crippen molar-refractivity contribution >= 4 is 28.3 Å². The first-order chi connectivity index (χ1) is 14.1. The molecule has 2 amide bonds. The second kappa shape index (κ2) is 10.8. The SMILES string of the molecule is Cc1nnc(NC(=O)/C=C/[C@H](CCc2ccccc2)NC(=O)C2CCCCN2)s1. The van der Waals surface area contributed by atoms with Crippen LogP contribution in [0.1, 0.15) is 36.3 Å². The van der Waals surface area contributed by atoms with Gasteiger partial charge in [0.2, 0.25) is 16.9 Å². The van der Waals surface area contributed by atoms with E-state index in [0.29, 0.717) is 11.6 Å². The predicted octanol–water partition coefficient (Wildman–Crippen LogP) is 2.60. The number of aromatic nitrogens is 2. The highest BCUT2D eigenvalue weighted by Crippen LogP contribution is 2.14. The van der Waals surface area contributed by atoms with Gasteiger partial charge in [-0.05, 0) is 44.7 Å². The molecule has 2 atom stereocenters. The molecule has 1 fully saturated rings. The van der Waals surface area contributed by atoms with E-state index in [4.69, 9.17) is 0 Å². The molecule has 3 N–H and O–H groups in total. The molecule has 154 valence electrons. The van der Waals surface area contributed by atoms with Gasteiger partial charge in [0.05, 0.1) is 6.04 Å². The van der Waals surface area contributed by atoms with Crippen LogP contribution in [0.2, 0.25) is 0 Å². The first-order valence-electron chi connectivity index (χ1n) is 9.97. The summed E-state index contributed by atoms with van der Waals surface area (Å²) in [5.74, 6) is -0.288. The van der Waals surface area contributed by atoms with Gasteiger partial charge in [0.15, 0.2) is 0 Å². The molecule has 1 saturated heterocycles. The van der Waals surface area contributed by atoms with Crippen LogP contribution in [0.3, 0.4) is 0 Å². The lowest BCUT2D eigenvalue weighted by atomic mass is 10.0. The topological polar surface area (TPSA) is 96.0 Å². The molecule has 7 nitrogen and oxygen atoms in total. The Morgan fingerprint density at radius 1 is 1.28 bits per heavy atom. The second-order valence-corrected chi connectivity index (χ2v) is 8.30. The fourth-order valence-electron chi connectivity index (χ4n) is 3.24. The average Bonchev–Trinajstić information content (AvgIpc) is 3.15. The summed E-state index contributed by atoms with van der Waals surface area (Å²) >= 11 is 1.32. The van der Waals surface area contributed by atoms with Gasteiger partial charge in [0.25, 0.3) is 0 Å². The molecule has 1 aliphatic rings. The first-order valence-corrected chi connectivity index (χ1v) is 10.8. The van der Waals surface area contributed by atoms with Gasteiger partial charge in [-0.15, -0.1) is 10.2 Å². The Morgan fingerprint density at radius 3 is 2.79 bits per heavy atom. The van der Waals surface area contributed by atoms with Gasteiger partial charge in [-0.2, -0.15) is 0 Å². The van der Waals surface area contributed by atoms with Crippen LogP contribution in [-0.4, -0.2) is 40.6 Å². The molecule has 2 heterocycles. The molecule has 2 aromatic rings. The summed E-state index contributed by atoms with van der Waals surface area (Å²) in [5.41, 5.74) is 1.20. The van der Waals surface area contributed by atoms with Gasteiger partial charge < -0.3 is 10.6 Å². The van der Waals surface area contributed by atoms with Crippen molar-refractivity contribution in [1.82, 2.24) is 20.8 Å². The largest absolute Gasteiger partial charge is 0.349 e. The lowest BCUT2D eigenvalue weighted by molar-refractivity contribution is -0.124. The van der Waals surface area contributed by atoms with Crippen molar-refractivity contribution in [3.8, 4) is 0 Å². The number of benzene rings is 1. The number of amides is 2. The molecule has 0 saturated carbocycles. The molecule has 0 bridgehead atoms. The molecular formula is C21H27N5O2S. The number of aryl methyl sites for hydroxylation is 2. The van der Waals surface area contributed by atoms with E-state index in [1.807, 2.05) is 25.1 Å². The van der Waals surface area contributed by atoms with E-state index in [0.717, 1.165) is 37.2 Å². The van der Waals surface area contributed by atoms with Crippen LogP contribution in [0.4, 0.5) is 5.13 Å². The number of nitrogens with one attached hydrogen (secondary N) is 3. The van der Waals surface area contributed by atoms with E-state index in [-0.39, 0.29) is 23.9 Å². The van der Waals surface area contributed by atoms with Gasteiger partial charge in [0, 0.05) is 12.1 Å². The highest BCUT2D eigenvalue weighted by atomic mass is 32.1. The Bertz CT molecular complexity index is 831. The van der Waals surface area contributed by atoms with Crippen molar-refractivity contribution in [2.45, 2.75) is 51.1 Å². The second-order valence-electron chi connectivity index (χ2n) is 7.12. The maximum Gasteiger partial charge on any atom is 0.249 e. The molecule has 3 rings (SSSR count). The van der Waals surface area contributed by atoms with Crippen molar-refractivity contribution in [2.75, 3.05) is 11.9 Å². The lowest BCUT2D eigenvalue weighted by Gasteiger charge is -2.25. The van der Waals surface area contributed by atoms with Gasteiger partial charge in [0.1, 0.15) is 5.01 Å². The highest BCUT2D eigenvalue weighted by Gasteiger charge is 2.22. The Labute approximate surface area is 175 Å². The average molecular weight is 414 g/mol. The van der Waals surface area contributed by atoms with Crippen LogP contribution < -0.4 is 16.0 Å². The van der Waals surface area contributed by atoms with Crippen molar-refractivity contribution in [1.29, 1.82) is 0 Å². The Morgan fingerprint density at radius 2 is 2.10 bits per heavy atom. The van der Waals surface area contributed by atoms with Gasteiger partial charge >= 0.3 is 0 Å². The quantitative estimate of drug-likeness (QED) is 0.578. The van der Waals surface area contributed by atoms with Crippen LogP contribution in [0.5, 0.6) is 0 Å². The minimum atomic E-state index is -0.282. The molecule has 0 radical (unpaired) electrons. The number of piperidine rings is 1. The molecule has 1 aliphatic heterocycles. The van der Waals surface area contributed by atoms with E-state index in [2.05, 4.69) is 38.3 Å². The molecular weight excluding hydrogens is 386 g/mol. The summed E-state index contributed by atoms with van der Waals surface area (Å²) in [6, 6.07) is 9.73. The molecule has 8 heteroatoms. The van der Waals surface area contributed by atoms with Crippen molar-refractivity contribution in [3.05, 3.63) is 53.1 Å². The maximum absolute atomic E-state index is 12.6. The fraction of sp³-hybridized carbons (Fsp3) is 0.429. The number of hydrogen-bond acceptors (Lipinski definition) is 6. The predicted molar refractivity (Wildman–Crippen MR) is 115 cm³/mol. The summed E-state index contributed by atoms with van der Waals surface area (Å²) < 4.78 is 0. The zero-order valence-corrected chi connectivity index (χ0v) is 17.4. The van der Waals surface area contributed by atoms with Crippen molar-refractivity contribution < 1.29 is 9.59 Å². The summed E-state index contributed by atoms with van der Waals surface area (Å²) in [5, 5.41) is 18.1. The summed E-state index contributed by atoms with van der Waals surface area (Å²) in [6.07, 6.45) is 7.74. The zero-order chi connectivity index (χ0) is 20.5. The number of nitrogens with zero attached hydrogens (tertiary/aromatic N) is 2. The van der Waals surface area contributed by atoms with E-state index in [1.54, 1.807) is 6.08 Å². The Hall–Kier alpha value is -2.58. The normalized spacial score (nSPS) is 17.8. The smallest absolute Gasteiger partial charge is 0.249 e. The minimum absolute atomic E-state index is 0.00688. The van der Waals surface area contributed by atoms with Crippen LogP contribution in [0, 0.1) is 6.92 Å². The number of carbonyl (C=O) groups excluding carboxylic acids is 2. The molecule has 0 spiro atoms. The third-order valence-electron chi connectivity index (χ3n) is 4.78. The molecule has 1 aromatic heterocycles. The van der Waals surface area contributed by atoms with Crippen LogP contribution in [0.25, 0.3) is 0 Å². The van der Waals surface area contributed by atoms with Gasteiger partial charge in [-0.25, -0.2) is 0 Å². The van der Waals surface area contributed by atoms with Crippen molar-refractivity contribution in [2.24, 2.45) is 0 Å². The standard InChI is InChI=1S/C21H27N5O2S/c1-15-25-26-21(29-15)24-19(27)13-12-17(11-10-16-7-3-2-4-8-16)23-20(28)18-9-5-6-14-22-18/h2-4,7-8,12-13,17-18,22H,5-6,9-11,14H2,1H3,(H,23,28)(H,24,26,27)/b13-12+/t17-,18?/m0/s1. The monoisotopic (exact) mass is 413 g/mol. The van der Waals surface area contributed by atoms with Crippen molar-refractivity contribution in [3.63, 3.8) is 0 Å². The summed E-state index contributed by atoms with van der Waals surface area (Å²) in [7, 11) is 0. The fourth-order valence-corrected chi connectivity index (χ4v) is 3.83. The van der Waals surface area contributed by atoms with Crippen LogP contribution >= 0.6 is 11.3 Å². The van der Waals surface area contributed by atoms with Crippen LogP contribution in [0.15, 0.2) is 42.5 Å². The van der Waals surface area contributed by atoms with E-state index < -0.39 is 0 Å². The summed E-state index contributed by atoms with van der Waals surface area (Å²) in [6.45, 7) is 2.70. The maximum atomic E-state index is 12.6. The molecule has 0 aliphatic carbocycles. The van der Waals surface area contributed by atoms with Gasteiger partial charge in [-0.3, -0.25) is 14.9 Å². The number of anilines is 1. The number of hydrogen-bond donors (Lipinski definition) is 3.